The van der Waals surface area contributed by atoms with Crippen LogP contribution in [0.4, 0.5) is 0 Å². The summed E-state index contributed by atoms with van der Waals surface area (Å²) in [7, 11) is 0. The number of hydrogen-bond donors (Lipinski definition) is 2. The van der Waals surface area contributed by atoms with E-state index in [0.29, 0.717) is 19.4 Å². The first-order valence-electron chi connectivity index (χ1n) is 9.60. The molecular weight excluding hydrogens is 376 g/mol. The number of amides is 2. The summed E-state index contributed by atoms with van der Waals surface area (Å²) in [6.45, 7) is 0.0242. The predicted molar refractivity (Wildman–Crippen MR) is 105 cm³/mol. The van der Waals surface area contributed by atoms with Crippen molar-refractivity contribution >= 4 is 23.2 Å². The fraction of sp³-hybridized carbons (Fsp3) is 0.500. The van der Waals surface area contributed by atoms with E-state index >= 15 is 0 Å². The lowest BCUT2D eigenvalue weighted by Crippen LogP contribution is -2.52. The molecule has 4 heterocycles. The number of aliphatic hydroxyl groups excluding tert-OH is 1. The van der Waals surface area contributed by atoms with E-state index in [2.05, 4.69) is 15.3 Å². The molecule has 4 rings (SSSR count). The van der Waals surface area contributed by atoms with Crippen LogP contribution < -0.4 is 5.32 Å². The molecule has 0 aliphatic carbocycles. The van der Waals surface area contributed by atoms with Gasteiger partial charge in [-0.25, -0.2) is 4.98 Å². The molecule has 2 aliphatic rings. The number of rotatable bonds is 7. The zero-order chi connectivity index (χ0) is 19.6. The average molecular weight is 401 g/mol. The fourth-order valence-electron chi connectivity index (χ4n) is 4.85. The van der Waals surface area contributed by atoms with Crippen molar-refractivity contribution in [1.82, 2.24) is 20.2 Å². The number of fused-ring (bicyclic) bond motifs is 2. The number of thiazole rings is 1. The van der Waals surface area contributed by atoms with Crippen molar-refractivity contribution in [3.8, 4) is 0 Å². The van der Waals surface area contributed by atoms with Gasteiger partial charge in [-0.05, 0) is 43.4 Å². The average Bonchev–Trinajstić information content (AvgIpc) is 3.44. The van der Waals surface area contributed by atoms with Crippen LogP contribution in [0, 0.1) is 5.41 Å². The minimum atomic E-state index is -0.680. The highest BCUT2D eigenvalue weighted by molar-refractivity contribution is 7.07. The topological polar surface area (TPSA) is 95.4 Å². The maximum Gasteiger partial charge on any atom is 0.248 e. The van der Waals surface area contributed by atoms with Gasteiger partial charge in [0.1, 0.15) is 6.61 Å². The van der Waals surface area contributed by atoms with E-state index in [1.165, 1.54) is 11.3 Å². The lowest BCUT2D eigenvalue weighted by atomic mass is 9.70. The molecule has 7 nitrogen and oxygen atoms in total. The van der Waals surface area contributed by atoms with Crippen LogP contribution in [0.2, 0.25) is 0 Å². The van der Waals surface area contributed by atoms with Crippen LogP contribution in [0.25, 0.3) is 0 Å². The smallest absolute Gasteiger partial charge is 0.248 e. The van der Waals surface area contributed by atoms with Crippen molar-refractivity contribution in [3.63, 3.8) is 0 Å². The summed E-state index contributed by atoms with van der Waals surface area (Å²) in [4.78, 5) is 35.9. The monoisotopic (exact) mass is 400 g/mol. The van der Waals surface area contributed by atoms with Crippen LogP contribution in [0.1, 0.15) is 30.5 Å². The van der Waals surface area contributed by atoms with Gasteiger partial charge in [-0.3, -0.25) is 14.6 Å². The van der Waals surface area contributed by atoms with Crippen LogP contribution in [-0.2, 0) is 22.4 Å². The Labute approximate surface area is 167 Å². The lowest BCUT2D eigenvalue weighted by molar-refractivity contribution is -0.138. The third-order valence-corrected chi connectivity index (χ3v) is 6.68. The zero-order valence-electron chi connectivity index (χ0n) is 15.6. The van der Waals surface area contributed by atoms with Crippen LogP contribution in [0.15, 0.2) is 35.4 Å². The number of aromatic nitrogens is 2. The molecule has 2 aromatic rings. The molecule has 2 aromatic heterocycles. The number of nitrogens with one attached hydrogen (secondary N) is 1. The van der Waals surface area contributed by atoms with E-state index in [0.717, 1.165) is 30.5 Å². The summed E-state index contributed by atoms with van der Waals surface area (Å²) in [5.74, 6) is -0.297. The highest BCUT2D eigenvalue weighted by Gasteiger charge is 2.61. The summed E-state index contributed by atoms with van der Waals surface area (Å²) >= 11 is 1.51. The van der Waals surface area contributed by atoms with Crippen LogP contribution in [-0.4, -0.2) is 57.0 Å². The highest BCUT2D eigenvalue weighted by Crippen LogP contribution is 2.51. The van der Waals surface area contributed by atoms with Gasteiger partial charge in [0.15, 0.2) is 0 Å². The Morgan fingerprint density at radius 1 is 1.32 bits per heavy atom. The van der Waals surface area contributed by atoms with Crippen LogP contribution >= 0.6 is 11.3 Å². The first-order chi connectivity index (χ1) is 13.6. The molecule has 2 N–H and O–H groups in total. The number of aliphatic hydroxyl groups is 1. The number of carbonyl (C=O) groups excluding carboxylic acids is 2. The van der Waals surface area contributed by atoms with Gasteiger partial charge in [0.2, 0.25) is 11.8 Å². The maximum absolute atomic E-state index is 13.4. The normalized spacial score (nSPS) is 25.8. The molecule has 2 aliphatic heterocycles. The summed E-state index contributed by atoms with van der Waals surface area (Å²) in [6, 6.07) is 3.72. The summed E-state index contributed by atoms with van der Waals surface area (Å²) in [5.41, 5.74) is 3.10. The molecular formula is C20H24N4O3S. The maximum atomic E-state index is 13.4. The SMILES string of the molecule is O=C(CO)N1[C@@H]2CC[C@H]1[C@@](Cc1cscn1)(C(=O)NCCc1ccncc1)C2. The summed E-state index contributed by atoms with van der Waals surface area (Å²) in [5, 5.41) is 14.5. The van der Waals surface area contributed by atoms with E-state index in [1.54, 1.807) is 22.8 Å². The van der Waals surface area contributed by atoms with Crippen molar-refractivity contribution in [3.05, 3.63) is 46.7 Å². The molecule has 0 aromatic carbocycles. The van der Waals surface area contributed by atoms with Gasteiger partial charge >= 0.3 is 0 Å². The molecule has 2 saturated heterocycles. The van der Waals surface area contributed by atoms with E-state index in [-0.39, 0.29) is 23.9 Å². The molecule has 2 fully saturated rings. The molecule has 0 saturated carbocycles. The first kappa shape index (κ1) is 19.0. The summed E-state index contributed by atoms with van der Waals surface area (Å²) < 4.78 is 0. The molecule has 148 valence electrons. The molecule has 28 heavy (non-hydrogen) atoms. The molecule has 0 unspecified atom stereocenters. The Bertz CT molecular complexity index is 829. The summed E-state index contributed by atoms with van der Waals surface area (Å²) in [6.07, 6.45) is 7.05. The van der Waals surface area contributed by atoms with Crippen molar-refractivity contribution in [1.29, 1.82) is 0 Å². The molecule has 2 amide bonds. The first-order valence-corrected chi connectivity index (χ1v) is 10.5. The van der Waals surface area contributed by atoms with E-state index in [9.17, 15) is 14.7 Å². The van der Waals surface area contributed by atoms with E-state index in [1.807, 2.05) is 17.5 Å². The van der Waals surface area contributed by atoms with Crippen molar-refractivity contribution in [2.45, 2.75) is 44.2 Å². The Hall–Kier alpha value is -2.32. The number of nitrogens with zero attached hydrogens (tertiary/aromatic N) is 3. The van der Waals surface area contributed by atoms with Gasteiger partial charge in [0.05, 0.1) is 16.6 Å². The van der Waals surface area contributed by atoms with Gasteiger partial charge in [-0.1, -0.05) is 0 Å². The second kappa shape index (κ2) is 7.97. The second-order valence-corrected chi connectivity index (χ2v) is 8.30. The fourth-order valence-corrected chi connectivity index (χ4v) is 5.41. The van der Waals surface area contributed by atoms with E-state index in [4.69, 9.17) is 0 Å². The van der Waals surface area contributed by atoms with Crippen molar-refractivity contribution in [2.24, 2.45) is 5.41 Å². The minimum absolute atomic E-state index is 0.0162. The largest absolute Gasteiger partial charge is 0.387 e. The zero-order valence-corrected chi connectivity index (χ0v) is 16.4. The standard InChI is InChI=1S/C20H24N4O3S/c25-11-18(26)24-16-1-2-17(24)20(10-16,9-15-12-28-13-23-15)19(27)22-8-5-14-3-6-21-7-4-14/h3-4,6-7,12-13,16-17,25H,1-2,5,8-11H2,(H,22,27)/t16-,17+,20+/m1/s1. The Kier molecular flexibility index (Phi) is 5.41. The quantitative estimate of drug-likeness (QED) is 0.728. The molecule has 2 bridgehead atoms. The molecule has 0 spiro atoms. The number of carbonyl (C=O) groups is 2. The van der Waals surface area contributed by atoms with Crippen LogP contribution in [0.3, 0.4) is 0 Å². The van der Waals surface area contributed by atoms with E-state index < -0.39 is 12.0 Å². The lowest BCUT2D eigenvalue weighted by Gasteiger charge is -2.35. The number of hydrogen-bond acceptors (Lipinski definition) is 6. The predicted octanol–water partition coefficient (Wildman–Crippen LogP) is 1.18. The Morgan fingerprint density at radius 3 is 2.86 bits per heavy atom. The molecule has 3 atom stereocenters. The van der Waals surface area contributed by atoms with Gasteiger partial charge in [0, 0.05) is 42.8 Å². The minimum Gasteiger partial charge on any atom is -0.387 e. The Balaban J connectivity index is 1.52. The van der Waals surface area contributed by atoms with Gasteiger partial charge in [0.25, 0.3) is 0 Å². The van der Waals surface area contributed by atoms with Crippen molar-refractivity contribution < 1.29 is 14.7 Å². The van der Waals surface area contributed by atoms with Gasteiger partial charge in [-0.2, -0.15) is 0 Å². The highest BCUT2D eigenvalue weighted by atomic mass is 32.1. The number of pyridine rings is 1. The molecule has 0 radical (unpaired) electrons. The second-order valence-electron chi connectivity index (χ2n) is 7.58. The Morgan fingerprint density at radius 2 is 2.14 bits per heavy atom. The van der Waals surface area contributed by atoms with Crippen molar-refractivity contribution in [2.75, 3.05) is 13.2 Å². The molecule has 8 heteroatoms. The third kappa shape index (κ3) is 3.42. The van der Waals surface area contributed by atoms with Gasteiger partial charge in [-0.15, -0.1) is 11.3 Å². The van der Waals surface area contributed by atoms with Gasteiger partial charge < -0.3 is 15.3 Å². The third-order valence-electron chi connectivity index (χ3n) is 6.04. The van der Waals surface area contributed by atoms with Crippen LogP contribution in [0.5, 0.6) is 0 Å².